The fraction of sp³-hybridized carbons (Fsp3) is 0.533. The van der Waals surface area contributed by atoms with Crippen LogP contribution in [0.2, 0.25) is 5.02 Å². The van der Waals surface area contributed by atoms with Crippen LogP contribution in [0, 0.1) is 6.92 Å². The summed E-state index contributed by atoms with van der Waals surface area (Å²) in [5.74, 6) is 0. The number of likely N-dealkylation sites (tertiary alicyclic amines) is 1. The third-order valence-corrected chi connectivity index (χ3v) is 3.91. The molecule has 1 saturated heterocycles. The van der Waals surface area contributed by atoms with Crippen molar-refractivity contribution in [2.45, 2.75) is 32.7 Å². The maximum Gasteiger partial charge on any atom is 0.409 e. The van der Waals surface area contributed by atoms with Crippen LogP contribution in [0.5, 0.6) is 0 Å². The van der Waals surface area contributed by atoms with Crippen LogP contribution in [0.15, 0.2) is 18.2 Å². The van der Waals surface area contributed by atoms with E-state index in [0.29, 0.717) is 12.6 Å². The van der Waals surface area contributed by atoms with E-state index in [1.54, 1.807) is 4.90 Å². The van der Waals surface area contributed by atoms with E-state index in [1.165, 1.54) is 0 Å². The molecule has 1 amide bonds. The SMILES string of the molecule is CCOC(=O)N1CCC(Nc2c(C)cccc2Cl)CC1. The topological polar surface area (TPSA) is 41.6 Å². The Morgan fingerprint density at radius 2 is 2.15 bits per heavy atom. The Hall–Kier alpha value is -1.42. The molecule has 1 aliphatic rings. The molecule has 0 spiro atoms. The highest BCUT2D eigenvalue weighted by atomic mass is 35.5. The largest absolute Gasteiger partial charge is 0.450 e. The molecule has 1 fully saturated rings. The van der Waals surface area contributed by atoms with Gasteiger partial charge in [0, 0.05) is 19.1 Å². The molecule has 1 aliphatic heterocycles. The number of rotatable bonds is 3. The molecule has 5 heteroatoms. The number of halogens is 1. The van der Waals surface area contributed by atoms with Gasteiger partial charge in [-0.3, -0.25) is 0 Å². The number of benzene rings is 1. The molecule has 1 aromatic carbocycles. The third kappa shape index (κ3) is 3.57. The van der Waals surface area contributed by atoms with E-state index in [2.05, 4.69) is 5.32 Å². The predicted octanol–water partition coefficient (Wildman–Crippen LogP) is 3.68. The van der Waals surface area contributed by atoms with Gasteiger partial charge in [-0.15, -0.1) is 0 Å². The van der Waals surface area contributed by atoms with Crippen LogP contribution in [0.1, 0.15) is 25.3 Å². The van der Waals surface area contributed by atoms with Gasteiger partial charge in [0.05, 0.1) is 17.3 Å². The molecule has 0 unspecified atom stereocenters. The normalized spacial score (nSPS) is 16.1. The fourth-order valence-corrected chi connectivity index (χ4v) is 2.72. The van der Waals surface area contributed by atoms with Gasteiger partial charge in [-0.05, 0) is 38.3 Å². The number of nitrogens with zero attached hydrogens (tertiary/aromatic N) is 1. The number of piperidine rings is 1. The van der Waals surface area contributed by atoms with Gasteiger partial charge in [0.15, 0.2) is 0 Å². The summed E-state index contributed by atoms with van der Waals surface area (Å²) >= 11 is 6.22. The zero-order valence-corrected chi connectivity index (χ0v) is 12.7. The minimum absolute atomic E-state index is 0.208. The Morgan fingerprint density at radius 1 is 1.45 bits per heavy atom. The first-order chi connectivity index (χ1) is 9.61. The average molecular weight is 297 g/mol. The molecule has 1 heterocycles. The molecule has 20 heavy (non-hydrogen) atoms. The van der Waals surface area contributed by atoms with Gasteiger partial charge < -0.3 is 15.0 Å². The van der Waals surface area contributed by atoms with Crippen molar-refractivity contribution in [3.8, 4) is 0 Å². The minimum atomic E-state index is -0.208. The van der Waals surface area contributed by atoms with Crippen molar-refractivity contribution < 1.29 is 9.53 Å². The van der Waals surface area contributed by atoms with Crippen LogP contribution in [0.4, 0.5) is 10.5 Å². The molecule has 1 aromatic rings. The zero-order chi connectivity index (χ0) is 14.5. The molecule has 110 valence electrons. The monoisotopic (exact) mass is 296 g/mol. The predicted molar refractivity (Wildman–Crippen MR) is 81.4 cm³/mol. The van der Waals surface area contributed by atoms with Gasteiger partial charge in [0.25, 0.3) is 0 Å². The molecule has 4 nitrogen and oxygen atoms in total. The zero-order valence-electron chi connectivity index (χ0n) is 12.0. The number of nitrogens with one attached hydrogen (secondary N) is 1. The molecule has 0 aromatic heterocycles. The maximum atomic E-state index is 11.6. The lowest BCUT2D eigenvalue weighted by Gasteiger charge is -2.32. The van der Waals surface area contributed by atoms with E-state index in [-0.39, 0.29) is 6.09 Å². The number of carbonyl (C=O) groups excluding carboxylic acids is 1. The summed E-state index contributed by atoms with van der Waals surface area (Å²) in [5, 5.41) is 4.25. The summed E-state index contributed by atoms with van der Waals surface area (Å²) in [6.07, 6.45) is 1.60. The Kier molecular flexibility index (Phi) is 5.12. The highest BCUT2D eigenvalue weighted by molar-refractivity contribution is 6.33. The maximum absolute atomic E-state index is 11.6. The van der Waals surface area contributed by atoms with Crippen molar-refractivity contribution in [1.29, 1.82) is 0 Å². The van der Waals surface area contributed by atoms with E-state index in [1.807, 2.05) is 32.0 Å². The van der Waals surface area contributed by atoms with Gasteiger partial charge in [0.2, 0.25) is 0 Å². The van der Waals surface area contributed by atoms with Crippen molar-refractivity contribution in [2.75, 3.05) is 25.0 Å². The van der Waals surface area contributed by atoms with Crippen LogP contribution in [-0.4, -0.2) is 36.7 Å². The Balaban J connectivity index is 1.90. The standard InChI is InChI=1S/C15H21ClN2O2/c1-3-20-15(19)18-9-7-12(8-10-18)17-14-11(2)5-4-6-13(14)16/h4-6,12,17H,3,7-10H2,1-2H3. The summed E-state index contributed by atoms with van der Waals surface area (Å²) in [6, 6.07) is 6.23. The summed E-state index contributed by atoms with van der Waals surface area (Å²) in [4.78, 5) is 13.4. The Morgan fingerprint density at radius 3 is 2.75 bits per heavy atom. The highest BCUT2D eigenvalue weighted by Crippen LogP contribution is 2.27. The van der Waals surface area contributed by atoms with Crippen LogP contribution in [-0.2, 0) is 4.74 Å². The molecular formula is C15H21ClN2O2. The van der Waals surface area contributed by atoms with Crippen molar-refractivity contribution in [3.63, 3.8) is 0 Å². The van der Waals surface area contributed by atoms with Gasteiger partial charge >= 0.3 is 6.09 Å². The lowest BCUT2D eigenvalue weighted by molar-refractivity contribution is 0.0983. The Bertz CT molecular complexity index is 451. The number of carbonyl (C=O) groups is 1. The summed E-state index contributed by atoms with van der Waals surface area (Å²) in [5.41, 5.74) is 2.15. The molecule has 0 saturated carbocycles. The molecule has 0 aliphatic carbocycles. The number of para-hydroxylation sites is 1. The fourth-order valence-electron chi connectivity index (χ4n) is 2.44. The molecule has 1 N–H and O–H groups in total. The van der Waals surface area contributed by atoms with E-state index in [4.69, 9.17) is 16.3 Å². The first-order valence-electron chi connectivity index (χ1n) is 7.05. The molecule has 0 bridgehead atoms. The second kappa shape index (κ2) is 6.84. The van der Waals surface area contributed by atoms with E-state index in [0.717, 1.165) is 42.2 Å². The van der Waals surface area contributed by atoms with Gasteiger partial charge in [-0.25, -0.2) is 4.79 Å². The van der Waals surface area contributed by atoms with Crippen molar-refractivity contribution in [2.24, 2.45) is 0 Å². The van der Waals surface area contributed by atoms with Crippen LogP contribution < -0.4 is 5.32 Å². The molecular weight excluding hydrogens is 276 g/mol. The van der Waals surface area contributed by atoms with Gasteiger partial charge in [-0.2, -0.15) is 0 Å². The second-order valence-corrected chi connectivity index (χ2v) is 5.44. The van der Waals surface area contributed by atoms with Gasteiger partial charge in [0.1, 0.15) is 0 Å². The van der Waals surface area contributed by atoms with Crippen molar-refractivity contribution >= 4 is 23.4 Å². The first kappa shape index (κ1) is 15.0. The van der Waals surface area contributed by atoms with E-state index >= 15 is 0 Å². The van der Waals surface area contributed by atoms with Crippen LogP contribution in [0.3, 0.4) is 0 Å². The Labute approximate surface area is 125 Å². The third-order valence-electron chi connectivity index (χ3n) is 3.59. The van der Waals surface area contributed by atoms with E-state index < -0.39 is 0 Å². The van der Waals surface area contributed by atoms with Gasteiger partial charge in [-0.1, -0.05) is 23.7 Å². The molecule has 0 atom stereocenters. The van der Waals surface area contributed by atoms with Crippen molar-refractivity contribution in [1.82, 2.24) is 4.90 Å². The number of hydrogen-bond acceptors (Lipinski definition) is 3. The van der Waals surface area contributed by atoms with Crippen molar-refractivity contribution in [3.05, 3.63) is 28.8 Å². The number of hydrogen-bond donors (Lipinski definition) is 1. The van der Waals surface area contributed by atoms with Crippen LogP contribution in [0.25, 0.3) is 0 Å². The summed E-state index contributed by atoms with van der Waals surface area (Å²) in [6.45, 7) is 5.74. The number of amides is 1. The summed E-state index contributed by atoms with van der Waals surface area (Å²) in [7, 11) is 0. The number of anilines is 1. The highest BCUT2D eigenvalue weighted by Gasteiger charge is 2.24. The van der Waals surface area contributed by atoms with Crippen LogP contribution >= 0.6 is 11.6 Å². The average Bonchev–Trinajstić information content (AvgIpc) is 2.44. The smallest absolute Gasteiger partial charge is 0.409 e. The number of ether oxygens (including phenoxy) is 1. The summed E-state index contributed by atoms with van der Waals surface area (Å²) < 4.78 is 5.02. The minimum Gasteiger partial charge on any atom is -0.450 e. The molecule has 0 radical (unpaired) electrons. The van der Waals surface area contributed by atoms with E-state index in [9.17, 15) is 4.79 Å². The number of aryl methyl sites for hydroxylation is 1. The lowest BCUT2D eigenvalue weighted by Crippen LogP contribution is -2.42. The second-order valence-electron chi connectivity index (χ2n) is 5.04. The first-order valence-corrected chi connectivity index (χ1v) is 7.43. The quantitative estimate of drug-likeness (QED) is 0.925. The molecule has 2 rings (SSSR count). The lowest BCUT2D eigenvalue weighted by atomic mass is 10.0.